The molecular weight excluding hydrogens is 392 g/mol. The fourth-order valence-electron chi connectivity index (χ4n) is 4.75. The average Bonchev–Trinajstić information content (AvgIpc) is 3.26. The van der Waals surface area contributed by atoms with Crippen LogP contribution in [0.4, 0.5) is 14.7 Å². The number of carbonyl (C=O) groups excluding carboxylic acids is 1. The van der Waals surface area contributed by atoms with Crippen LogP contribution in [0.5, 0.6) is 0 Å². The lowest BCUT2D eigenvalue weighted by Crippen LogP contribution is -2.50. The number of piperidine rings is 1. The monoisotopic (exact) mass is 411 g/mol. The molecule has 1 aromatic carbocycles. The van der Waals surface area contributed by atoms with Gasteiger partial charge in [0.1, 0.15) is 23.9 Å². The number of anilines is 1. The standard InChI is InChI=1S/C21H19F2N5O2/c22-15-7-14(8-16(23)9-15)17-1-2-18-28(17)19(29)21(30-18)3-5-27(6-4-21)20-25-11-13(10-24)12-26-20/h7-9,11-12,17-18H,1-6H2/t17-,18+/m0/s1. The maximum atomic E-state index is 13.7. The lowest BCUT2D eigenvalue weighted by molar-refractivity contribution is -0.140. The highest BCUT2D eigenvalue weighted by atomic mass is 19.1. The second-order valence-electron chi connectivity index (χ2n) is 7.95. The summed E-state index contributed by atoms with van der Waals surface area (Å²) < 4.78 is 33.7. The first-order chi connectivity index (χ1) is 14.5. The highest BCUT2D eigenvalue weighted by Crippen LogP contribution is 2.47. The van der Waals surface area contributed by atoms with Gasteiger partial charge in [-0.1, -0.05) is 0 Å². The molecule has 3 saturated heterocycles. The van der Waals surface area contributed by atoms with Crippen LogP contribution >= 0.6 is 0 Å². The summed E-state index contributed by atoms with van der Waals surface area (Å²) in [6.07, 6.45) is 4.79. The third kappa shape index (κ3) is 2.99. The number of hydrogen-bond acceptors (Lipinski definition) is 6. The Morgan fingerprint density at radius 3 is 2.40 bits per heavy atom. The van der Waals surface area contributed by atoms with Gasteiger partial charge in [0.25, 0.3) is 5.91 Å². The van der Waals surface area contributed by atoms with Crippen molar-refractivity contribution in [3.05, 3.63) is 53.4 Å². The highest BCUT2D eigenvalue weighted by molar-refractivity contribution is 5.88. The zero-order valence-electron chi connectivity index (χ0n) is 16.1. The molecule has 1 spiro atoms. The molecule has 3 fully saturated rings. The number of halogens is 2. The van der Waals surface area contributed by atoms with Crippen LogP contribution in [0.3, 0.4) is 0 Å². The van der Waals surface area contributed by atoms with Gasteiger partial charge in [-0.3, -0.25) is 4.79 Å². The lowest BCUT2D eigenvalue weighted by Gasteiger charge is -2.37. The quantitative estimate of drug-likeness (QED) is 0.756. The van der Waals surface area contributed by atoms with E-state index in [-0.39, 0.29) is 18.2 Å². The first-order valence-electron chi connectivity index (χ1n) is 9.93. The van der Waals surface area contributed by atoms with E-state index in [9.17, 15) is 13.6 Å². The number of amides is 1. The maximum absolute atomic E-state index is 13.7. The van der Waals surface area contributed by atoms with E-state index in [0.717, 1.165) is 6.07 Å². The number of carbonyl (C=O) groups is 1. The van der Waals surface area contributed by atoms with Crippen molar-refractivity contribution in [2.75, 3.05) is 18.0 Å². The fraction of sp³-hybridized carbons (Fsp3) is 0.429. The van der Waals surface area contributed by atoms with E-state index in [0.29, 0.717) is 55.8 Å². The van der Waals surface area contributed by atoms with Gasteiger partial charge in [-0.25, -0.2) is 18.7 Å². The molecule has 5 rings (SSSR count). The molecule has 4 heterocycles. The smallest absolute Gasteiger partial charge is 0.257 e. The van der Waals surface area contributed by atoms with Crippen LogP contribution in [-0.2, 0) is 9.53 Å². The van der Waals surface area contributed by atoms with Crippen molar-refractivity contribution < 1.29 is 18.3 Å². The fourth-order valence-corrected chi connectivity index (χ4v) is 4.75. The Hall–Kier alpha value is -3.12. The molecule has 9 heteroatoms. The van der Waals surface area contributed by atoms with Crippen molar-refractivity contribution in [3.8, 4) is 6.07 Å². The van der Waals surface area contributed by atoms with Crippen LogP contribution in [0.15, 0.2) is 30.6 Å². The molecular formula is C21H19F2N5O2. The minimum Gasteiger partial charge on any atom is -0.342 e. The average molecular weight is 411 g/mol. The number of benzene rings is 1. The Balaban J connectivity index is 1.33. The lowest BCUT2D eigenvalue weighted by atomic mass is 9.89. The van der Waals surface area contributed by atoms with Crippen LogP contribution in [0, 0.1) is 23.0 Å². The summed E-state index contributed by atoms with van der Waals surface area (Å²) in [7, 11) is 0. The minimum absolute atomic E-state index is 0.111. The molecule has 0 radical (unpaired) electrons. The zero-order valence-corrected chi connectivity index (χ0v) is 16.1. The maximum Gasteiger partial charge on any atom is 0.257 e. The van der Waals surface area contributed by atoms with Crippen molar-refractivity contribution in [3.63, 3.8) is 0 Å². The van der Waals surface area contributed by atoms with E-state index in [4.69, 9.17) is 10.00 Å². The van der Waals surface area contributed by atoms with Gasteiger partial charge in [-0.05, 0) is 30.5 Å². The highest BCUT2D eigenvalue weighted by Gasteiger charge is 2.58. The molecule has 0 bridgehead atoms. The molecule has 2 aromatic rings. The third-order valence-electron chi connectivity index (χ3n) is 6.21. The van der Waals surface area contributed by atoms with Crippen LogP contribution in [0.25, 0.3) is 0 Å². The van der Waals surface area contributed by atoms with Crippen molar-refractivity contribution in [2.45, 2.75) is 43.6 Å². The molecule has 3 aliphatic rings. The van der Waals surface area contributed by atoms with E-state index in [1.165, 1.54) is 24.5 Å². The molecule has 1 amide bonds. The Morgan fingerprint density at radius 1 is 1.10 bits per heavy atom. The molecule has 0 unspecified atom stereocenters. The number of aromatic nitrogens is 2. The molecule has 154 valence electrons. The van der Waals surface area contributed by atoms with Gasteiger partial charge in [0.15, 0.2) is 5.60 Å². The normalized spacial score (nSPS) is 24.9. The molecule has 3 aliphatic heterocycles. The van der Waals surface area contributed by atoms with Gasteiger partial charge in [0, 0.05) is 32.0 Å². The van der Waals surface area contributed by atoms with Gasteiger partial charge in [-0.15, -0.1) is 0 Å². The Morgan fingerprint density at radius 2 is 1.77 bits per heavy atom. The summed E-state index contributed by atoms with van der Waals surface area (Å²) in [5, 5.41) is 8.88. The van der Waals surface area contributed by atoms with Crippen LogP contribution in [0.1, 0.15) is 42.9 Å². The first kappa shape index (κ1) is 18.9. The van der Waals surface area contributed by atoms with Gasteiger partial charge in [0.05, 0.1) is 24.0 Å². The minimum atomic E-state index is -0.918. The topological polar surface area (TPSA) is 82.4 Å². The summed E-state index contributed by atoms with van der Waals surface area (Å²) in [6, 6.07) is 5.02. The molecule has 0 N–H and O–H groups in total. The number of ether oxygens (including phenoxy) is 1. The predicted molar refractivity (Wildman–Crippen MR) is 101 cm³/mol. The molecule has 30 heavy (non-hydrogen) atoms. The molecule has 2 atom stereocenters. The van der Waals surface area contributed by atoms with E-state index in [1.807, 2.05) is 11.0 Å². The number of rotatable bonds is 2. The molecule has 0 aliphatic carbocycles. The van der Waals surface area contributed by atoms with E-state index in [1.54, 1.807) is 4.90 Å². The van der Waals surface area contributed by atoms with Gasteiger partial charge in [0.2, 0.25) is 5.95 Å². The van der Waals surface area contributed by atoms with Crippen LogP contribution in [-0.4, -0.2) is 45.7 Å². The van der Waals surface area contributed by atoms with Crippen molar-refractivity contribution in [1.82, 2.24) is 14.9 Å². The Kier molecular flexibility index (Phi) is 4.40. The number of nitriles is 1. The largest absolute Gasteiger partial charge is 0.342 e. The molecule has 7 nitrogen and oxygen atoms in total. The van der Waals surface area contributed by atoms with Crippen LogP contribution < -0.4 is 4.90 Å². The zero-order chi connectivity index (χ0) is 20.9. The number of fused-ring (bicyclic) bond motifs is 1. The van der Waals surface area contributed by atoms with Crippen LogP contribution in [0.2, 0.25) is 0 Å². The van der Waals surface area contributed by atoms with Crippen molar-refractivity contribution in [1.29, 1.82) is 5.26 Å². The molecule has 1 aromatic heterocycles. The van der Waals surface area contributed by atoms with Gasteiger partial charge >= 0.3 is 0 Å². The Bertz CT molecular complexity index is 1010. The van der Waals surface area contributed by atoms with Gasteiger partial charge < -0.3 is 14.5 Å². The predicted octanol–water partition coefficient (Wildman–Crippen LogP) is 2.69. The van der Waals surface area contributed by atoms with E-state index in [2.05, 4.69) is 9.97 Å². The van der Waals surface area contributed by atoms with Crippen molar-refractivity contribution in [2.24, 2.45) is 0 Å². The molecule has 0 saturated carbocycles. The Labute approximate surface area is 171 Å². The number of hydrogen-bond donors (Lipinski definition) is 0. The third-order valence-corrected chi connectivity index (χ3v) is 6.21. The second kappa shape index (κ2) is 6.99. The number of nitrogens with zero attached hydrogens (tertiary/aromatic N) is 5. The second-order valence-corrected chi connectivity index (χ2v) is 7.95. The summed E-state index contributed by atoms with van der Waals surface area (Å²) in [5.74, 6) is -0.888. The SMILES string of the molecule is N#Cc1cnc(N2CCC3(CC2)O[C@@H]2CC[C@@H](c4cc(F)cc(F)c4)N2C3=O)nc1. The first-order valence-corrected chi connectivity index (χ1v) is 9.93. The summed E-state index contributed by atoms with van der Waals surface area (Å²) >= 11 is 0. The van der Waals surface area contributed by atoms with E-state index < -0.39 is 17.2 Å². The summed E-state index contributed by atoms with van der Waals surface area (Å²) in [6.45, 7) is 1.08. The van der Waals surface area contributed by atoms with E-state index >= 15 is 0 Å². The van der Waals surface area contributed by atoms with Gasteiger partial charge in [-0.2, -0.15) is 5.26 Å². The summed E-state index contributed by atoms with van der Waals surface area (Å²) in [5.41, 5.74) is -0.0624. The summed E-state index contributed by atoms with van der Waals surface area (Å²) in [4.78, 5) is 25.4. The van der Waals surface area contributed by atoms with Crippen molar-refractivity contribution >= 4 is 11.9 Å².